The number of hydrogen-bond acceptors (Lipinski definition) is 7. The Morgan fingerprint density at radius 3 is 2.84 bits per heavy atom. The van der Waals surface area contributed by atoms with E-state index in [-0.39, 0.29) is 42.8 Å². The number of hydrogen-bond donors (Lipinski definition) is 2. The SMILES string of the molecule is CN(Cc1ccco1)c1nc(Cl)nc(CNC(=O)[C@H](CC2CCCC2)CN(O)C=O)c1F. The third-order valence-corrected chi connectivity index (χ3v) is 5.80. The molecule has 1 aliphatic carbocycles. The van der Waals surface area contributed by atoms with Gasteiger partial charge in [-0.05, 0) is 36.1 Å². The molecule has 0 unspecified atom stereocenters. The first kappa shape index (κ1) is 23.9. The fourth-order valence-electron chi connectivity index (χ4n) is 4.03. The maximum atomic E-state index is 15.1. The fraction of sp³-hybridized carbons (Fsp3) is 0.524. The molecule has 1 atom stereocenters. The van der Waals surface area contributed by atoms with Crippen molar-refractivity contribution in [2.45, 2.75) is 45.2 Å². The molecule has 0 saturated heterocycles. The van der Waals surface area contributed by atoms with Gasteiger partial charge in [-0.25, -0.2) is 14.4 Å². The highest BCUT2D eigenvalue weighted by Gasteiger charge is 2.27. The van der Waals surface area contributed by atoms with E-state index in [9.17, 15) is 14.8 Å². The van der Waals surface area contributed by atoms with Crippen LogP contribution < -0.4 is 10.2 Å². The minimum absolute atomic E-state index is 0.0179. The smallest absolute Gasteiger partial charge is 0.233 e. The van der Waals surface area contributed by atoms with Crippen LogP contribution in [-0.2, 0) is 22.7 Å². The lowest BCUT2D eigenvalue weighted by Crippen LogP contribution is -2.38. The van der Waals surface area contributed by atoms with Crippen LogP contribution in [0.1, 0.15) is 43.6 Å². The Morgan fingerprint density at radius 2 is 2.19 bits per heavy atom. The van der Waals surface area contributed by atoms with Crippen molar-refractivity contribution in [2.24, 2.45) is 11.8 Å². The number of anilines is 1. The highest BCUT2D eigenvalue weighted by atomic mass is 35.5. The molecule has 0 aliphatic heterocycles. The van der Waals surface area contributed by atoms with Gasteiger partial charge in [0.05, 0.1) is 31.8 Å². The number of rotatable bonds is 11. The van der Waals surface area contributed by atoms with Gasteiger partial charge in [0.1, 0.15) is 11.5 Å². The van der Waals surface area contributed by atoms with E-state index < -0.39 is 17.6 Å². The van der Waals surface area contributed by atoms with Crippen LogP contribution in [0, 0.1) is 17.7 Å². The van der Waals surface area contributed by atoms with E-state index in [0.717, 1.165) is 25.7 Å². The van der Waals surface area contributed by atoms with Crippen LogP contribution in [0.2, 0.25) is 5.28 Å². The van der Waals surface area contributed by atoms with Gasteiger partial charge in [-0.15, -0.1) is 0 Å². The predicted octanol–water partition coefficient (Wildman–Crippen LogP) is 3.16. The zero-order valence-electron chi connectivity index (χ0n) is 17.8. The lowest BCUT2D eigenvalue weighted by molar-refractivity contribution is -0.155. The summed E-state index contributed by atoms with van der Waals surface area (Å²) in [6.07, 6.45) is 6.56. The number of aromatic nitrogens is 2. The molecular weight excluding hydrogens is 441 g/mol. The first-order valence-corrected chi connectivity index (χ1v) is 10.9. The van der Waals surface area contributed by atoms with Gasteiger partial charge in [-0.2, -0.15) is 4.98 Å². The van der Waals surface area contributed by atoms with Crippen molar-refractivity contribution in [2.75, 3.05) is 18.5 Å². The molecule has 2 heterocycles. The second-order valence-corrected chi connectivity index (χ2v) is 8.38. The second-order valence-electron chi connectivity index (χ2n) is 8.04. The summed E-state index contributed by atoms with van der Waals surface area (Å²) in [7, 11) is 1.64. The van der Waals surface area contributed by atoms with Gasteiger partial charge in [0.15, 0.2) is 11.6 Å². The van der Waals surface area contributed by atoms with Gasteiger partial charge >= 0.3 is 0 Å². The van der Waals surface area contributed by atoms with Gasteiger partial charge < -0.3 is 14.6 Å². The van der Waals surface area contributed by atoms with E-state index in [0.29, 0.717) is 23.2 Å². The third-order valence-electron chi connectivity index (χ3n) is 5.63. The van der Waals surface area contributed by atoms with Crippen molar-refractivity contribution in [3.05, 3.63) is 41.0 Å². The number of carbonyl (C=O) groups excluding carboxylic acids is 2. The summed E-state index contributed by atoms with van der Waals surface area (Å²) in [5.41, 5.74) is -0.0597. The largest absolute Gasteiger partial charge is 0.467 e. The summed E-state index contributed by atoms with van der Waals surface area (Å²) >= 11 is 6.00. The van der Waals surface area contributed by atoms with Crippen LogP contribution in [-0.4, -0.2) is 46.1 Å². The molecule has 32 heavy (non-hydrogen) atoms. The second kappa shape index (κ2) is 11.2. The van der Waals surface area contributed by atoms with Crippen molar-refractivity contribution in [1.82, 2.24) is 20.3 Å². The third kappa shape index (κ3) is 6.39. The minimum atomic E-state index is -0.701. The first-order chi connectivity index (χ1) is 15.4. The van der Waals surface area contributed by atoms with Crippen molar-refractivity contribution in [3.63, 3.8) is 0 Å². The summed E-state index contributed by atoms with van der Waals surface area (Å²) in [4.78, 5) is 33.0. The van der Waals surface area contributed by atoms with Crippen LogP contribution >= 0.6 is 11.6 Å². The normalized spacial score (nSPS) is 14.9. The Labute approximate surface area is 190 Å². The fourth-order valence-corrected chi connectivity index (χ4v) is 4.21. The number of carbonyl (C=O) groups is 2. The standard InChI is InChI=1S/C21H27ClFN5O4/c1-27(12-16-7-4-8-32-16)19-18(23)17(25-21(22)26-19)10-24-20(30)15(11-28(31)13-29)9-14-5-2-3-6-14/h4,7-8,13-15,31H,2-3,5-6,9-12H2,1H3,(H,24,30)/t15-/m1/s1. The van der Waals surface area contributed by atoms with Crippen LogP contribution in [0.5, 0.6) is 0 Å². The molecule has 3 rings (SSSR count). The zero-order chi connectivity index (χ0) is 23.1. The summed E-state index contributed by atoms with van der Waals surface area (Å²) in [5.74, 6) is -0.747. The summed E-state index contributed by atoms with van der Waals surface area (Å²) < 4.78 is 20.4. The van der Waals surface area contributed by atoms with Crippen molar-refractivity contribution >= 4 is 29.7 Å². The van der Waals surface area contributed by atoms with Crippen LogP contribution in [0.3, 0.4) is 0 Å². The van der Waals surface area contributed by atoms with Gasteiger partial charge in [-0.3, -0.25) is 14.8 Å². The molecule has 1 saturated carbocycles. The molecular formula is C21H27ClFN5O4. The summed E-state index contributed by atoms with van der Waals surface area (Å²) in [5, 5.41) is 12.6. The molecule has 1 aliphatic rings. The Balaban J connectivity index is 1.68. The van der Waals surface area contributed by atoms with Gasteiger partial charge in [0.25, 0.3) is 0 Å². The van der Waals surface area contributed by atoms with Crippen molar-refractivity contribution in [1.29, 1.82) is 0 Å². The van der Waals surface area contributed by atoms with Gasteiger partial charge in [-0.1, -0.05) is 25.7 Å². The molecule has 0 radical (unpaired) electrons. The Bertz CT molecular complexity index is 908. The molecule has 0 aromatic carbocycles. The van der Waals surface area contributed by atoms with E-state index in [1.807, 2.05) is 0 Å². The van der Waals surface area contributed by atoms with Crippen LogP contribution in [0.15, 0.2) is 22.8 Å². The molecule has 2 aromatic heterocycles. The molecule has 2 N–H and O–H groups in total. The van der Waals surface area contributed by atoms with Gasteiger partial charge in [0.2, 0.25) is 17.6 Å². The summed E-state index contributed by atoms with van der Waals surface area (Å²) in [6, 6.07) is 3.49. The average molecular weight is 468 g/mol. The van der Waals surface area contributed by atoms with Crippen molar-refractivity contribution < 1.29 is 23.6 Å². The topological polar surface area (TPSA) is 112 Å². The minimum Gasteiger partial charge on any atom is -0.467 e. The van der Waals surface area contributed by atoms with E-state index in [2.05, 4.69) is 15.3 Å². The predicted molar refractivity (Wildman–Crippen MR) is 114 cm³/mol. The van der Waals surface area contributed by atoms with E-state index in [1.54, 1.807) is 19.2 Å². The Morgan fingerprint density at radius 1 is 1.44 bits per heavy atom. The molecule has 0 spiro atoms. The number of halogens is 2. The zero-order valence-corrected chi connectivity index (χ0v) is 18.6. The molecule has 2 aromatic rings. The van der Waals surface area contributed by atoms with E-state index in [1.165, 1.54) is 11.2 Å². The highest BCUT2D eigenvalue weighted by molar-refractivity contribution is 6.28. The Kier molecular flexibility index (Phi) is 8.40. The average Bonchev–Trinajstić information content (AvgIpc) is 3.47. The lowest BCUT2D eigenvalue weighted by atomic mass is 9.92. The number of hydroxylamine groups is 2. The molecule has 1 fully saturated rings. The molecule has 0 bridgehead atoms. The monoisotopic (exact) mass is 467 g/mol. The number of amides is 2. The maximum Gasteiger partial charge on any atom is 0.233 e. The molecule has 174 valence electrons. The molecule has 9 nitrogen and oxygen atoms in total. The van der Waals surface area contributed by atoms with Crippen LogP contribution in [0.4, 0.5) is 10.2 Å². The summed E-state index contributed by atoms with van der Waals surface area (Å²) in [6.45, 7) is -0.0667. The van der Waals surface area contributed by atoms with Crippen LogP contribution in [0.25, 0.3) is 0 Å². The lowest BCUT2D eigenvalue weighted by Gasteiger charge is -2.22. The van der Waals surface area contributed by atoms with Gasteiger partial charge in [0, 0.05) is 7.05 Å². The van der Waals surface area contributed by atoms with E-state index >= 15 is 4.39 Å². The number of nitrogens with one attached hydrogen (secondary N) is 1. The number of nitrogens with zero attached hydrogens (tertiary/aromatic N) is 4. The number of furan rings is 1. The van der Waals surface area contributed by atoms with Crippen molar-refractivity contribution in [3.8, 4) is 0 Å². The quantitative estimate of drug-likeness (QED) is 0.226. The maximum absolute atomic E-state index is 15.1. The first-order valence-electron chi connectivity index (χ1n) is 10.5. The highest BCUT2D eigenvalue weighted by Crippen LogP contribution is 2.30. The molecule has 2 amide bonds. The molecule has 11 heteroatoms. The van der Waals surface area contributed by atoms with E-state index in [4.69, 9.17) is 16.0 Å². The Hall–Kier alpha value is -2.72.